The van der Waals surface area contributed by atoms with E-state index in [2.05, 4.69) is 5.10 Å². The van der Waals surface area contributed by atoms with Crippen LogP contribution < -0.4 is 5.43 Å². The van der Waals surface area contributed by atoms with E-state index < -0.39 is 17.4 Å². The van der Waals surface area contributed by atoms with Gasteiger partial charge in [-0.2, -0.15) is 5.10 Å². The van der Waals surface area contributed by atoms with Gasteiger partial charge in [0, 0.05) is 24.8 Å². The fourth-order valence-electron chi connectivity index (χ4n) is 2.91. The number of aromatic nitrogens is 2. The quantitative estimate of drug-likeness (QED) is 0.904. The first kappa shape index (κ1) is 16.4. The van der Waals surface area contributed by atoms with Crippen LogP contribution in [0.1, 0.15) is 29.5 Å². The van der Waals surface area contributed by atoms with Crippen LogP contribution in [0.3, 0.4) is 0 Å². The van der Waals surface area contributed by atoms with Crippen LogP contribution in [0.25, 0.3) is 5.69 Å². The van der Waals surface area contributed by atoms with Crippen LogP contribution in [0.15, 0.2) is 41.2 Å². The molecule has 3 rings (SSSR count). The highest BCUT2D eigenvalue weighted by atomic mass is 16.3. The predicted octanol–water partition coefficient (Wildman–Crippen LogP) is 1.38. The monoisotopic (exact) mass is 327 g/mol. The van der Waals surface area contributed by atoms with Crippen LogP contribution in [0.5, 0.6) is 0 Å². The molecule has 2 atom stereocenters. The van der Waals surface area contributed by atoms with Gasteiger partial charge in [-0.15, -0.1) is 0 Å². The van der Waals surface area contributed by atoms with E-state index in [1.807, 2.05) is 37.3 Å². The molecule has 1 aliphatic heterocycles. The second-order valence-electron chi connectivity index (χ2n) is 6.33. The number of carbonyl (C=O) groups excluding carboxylic acids is 1. The van der Waals surface area contributed by atoms with E-state index in [0.717, 1.165) is 5.69 Å². The number of amides is 1. The lowest BCUT2D eigenvalue weighted by Gasteiger charge is -2.33. The zero-order valence-electron chi connectivity index (χ0n) is 13.8. The molecule has 1 aromatic carbocycles. The van der Waals surface area contributed by atoms with Crippen molar-refractivity contribution in [3.05, 3.63) is 58.0 Å². The molecule has 6 heteroatoms. The topological polar surface area (TPSA) is 75.4 Å². The maximum absolute atomic E-state index is 12.7. The molecule has 2 heterocycles. The van der Waals surface area contributed by atoms with Gasteiger partial charge in [0.05, 0.1) is 11.8 Å². The lowest BCUT2D eigenvalue weighted by atomic mass is 9.96. The van der Waals surface area contributed by atoms with Crippen LogP contribution in [-0.4, -0.2) is 44.9 Å². The van der Waals surface area contributed by atoms with Gasteiger partial charge in [0.25, 0.3) is 5.91 Å². The smallest absolute Gasteiger partial charge is 0.278 e. The summed E-state index contributed by atoms with van der Waals surface area (Å²) in [5.74, 6) is -0.267. The molecule has 0 bridgehead atoms. The Kier molecular flexibility index (Phi) is 4.49. The largest absolute Gasteiger partial charge is 0.391 e. The van der Waals surface area contributed by atoms with E-state index in [1.54, 1.807) is 11.6 Å². The van der Waals surface area contributed by atoms with Crippen molar-refractivity contribution in [3.63, 3.8) is 0 Å². The van der Waals surface area contributed by atoms with Crippen molar-refractivity contribution in [1.29, 1.82) is 0 Å². The molecule has 1 amide bonds. The minimum atomic E-state index is -0.565. The molecule has 2 aromatic rings. The van der Waals surface area contributed by atoms with Crippen molar-refractivity contribution in [3.8, 4) is 5.69 Å². The molecule has 24 heavy (non-hydrogen) atoms. The normalized spacial score (nSPS) is 20.9. The third-order valence-electron chi connectivity index (χ3n) is 4.52. The Hall–Kier alpha value is -2.47. The van der Waals surface area contributed by atoms with Gasteiger partial charge in [-0.05, 0) is 31.4 Å². The summed E-state index contributed by atoms with van der Waals surface area (Å²) >= 11 is 0. The van der Waals surface area contributed by atoms with Gasteiger partial charge in [0.2, 0.25) is 5.43 Å². The molecule has 1 aromatic heterocycles. The van der Waals surface area contributed by atoms with Gasteiger partial charge in [-0.1, -0.05) is 25.1 Å². The number of benzene rings is 1. The first-order valence-electron chi connectivity index (χ1n) is 8.11. The fraction of sp³-hybridized carbons (Fsp3) is 0.389. The highest BCUT2D eigenvalue weighted by Crippen LogP contribution is 2.18. The van der Waals surface area contributed by atoms with Crippen LogP contribution in [0, 0.1) is 12.8 Å². The lowest BCUT2D eigenvalue weighted by Crippen LogP contribution is -2.47. The second-order valence-corrected chi connectivity index (χ2v) is 6.33. The van der Waals surface area contributed by atoms with Gasteiger partial charge in [0.1, 0.15) is 0 Å². The second kappa shape index (κ2) is 6.57. The Morgan fingerprint density at radius 2 is 2.00 bits per heavy atom. The van der Waals surface area contributed by atoms with E-state index in [9.17, 15) is 14.7 Å². The van der Waals surface area contributed by atoms with Crippen molar-refractivity contribution < 1.29 is 9.90 Å². The van der Waals surface area contributed by atoms with Crippen molar-refractivity contribution in [2.45, 2.75) is 26.4 Å². The zero-order valence-corrected chi connectivity index (χ0v) is 13.8. The number of rotatable bonds is 2. The number of carbonyl (C=O) groups is 1. The number of aryl methyl sites for hydroxylation is 1. The molecule has 0 radical (unpaired) electrons. The van der Waals surface area contributed by atoms with Gasteiger partial charge in [-0.3, -0.25) is 9.59 Å². The van der Waals surface area contributed by atoms with Gasteiger partial charge in [0.15, 0.2) is 5.69 Å². The Morgan fingerprint density at radius 1 is 1.29 bits per heavy atom. The lowest BCUT2D eigenvalue weighted by molar-refractivity contribution is 0.0243. The van der Waals surface area contributed by atoms with E-state index in [0.29, 0.717) is 18.7 Å². The molecule has 1 fully saturated rings. The number of aliphatic hydroxyl groups is 1. The third-order valence-corrected chi connectivity index (χ3v) is 4.52. The van der Waals surface area contributed by atoms with Crippen molar-refractivity contribution in [2.75, 3.05) is 13.1 Å². The summed E-state index contributed by atoms with van der Waals surface area (Å²) in [5, 5.41) is 14.3. The number of hydrogen-bond donors (Lipinski definition) is 1. The first-order valence-corrected chi connectivity index (χ1v) is 8.11. The molecule has 1 aliphatic rings. The van der Waals surface area contributed by atoms with Gasteiger partial charge in [-0.25, -0.2) is 4.68 Å². The van der Waals surface area contributed by atoms with Gasteiger partial charge < -0.3 is 10.0 Å². The minimum absolute atomic E-state index is 0.105. The van der Waals surface area contributed by atoms with E-state index >= 15 is 0 Å². The number of likely N-dealkylation sites (tertiary alicyclic amines) is 1. The molecule has 1 N–H and O–H groups in total. The summed E-state index contributed by atoms with van der Waals surface area (Å²) < 4.78 is 1.59. The number of aliphatic hydroxyl groups excluding tert-OH is 1. The number of hydrogen-bond acceptors (Lipinski definition) is 4. The van der Waals surface area contributed by atoms with Crippen molar-refractivity contribution >= 4 is 5.91 Å². The van der Waals surface area contributed by atoms with Crippen molar-refractivity contribution in [1.82, 2.24) is 14.7 Å². The molecule has 0 spiro atoms. The van der Waals surface area contributed by atoms with Crippen LogP contribution in [-0.2, 0) is 0 Å². The molecule has 6 nitrogen and oxygen atoms in total. The summed E-state index contributed by atoms with van der Waals surface area (Å²) in [6.07, 6.45) is 0.149. The molecular formula is C18H21N3O3. The van der Waals surface area contributed by atoms with E-state index in [1.165, 1.54) is 11.0 Å². The average Bonchev–Trinajstić information content (AvgIpc) is 2.58. The van der Waals surface area contributed by atoms with Crippen molar-refractivity contribution in [2.24, 2.45) is 5.92 Å². The fourth-order valence-corrected chi connectivity index (χ4v) is 2.91. The highest BCUT2D eigenvalue weighted by Gasteiger charge is 2.30. The molecule has 2 unspecified atom stereocenters. The first-order chi connectivity index (χ1) is 11.5. The summed E-state index contributed by atoms with van der Waals surface area (Å²) in [6, 6.07) is 10.8. The standard InChI is InChI=1S/C18H21N3O3/c1-12-8-9-20(11-16(12)23)18(24)17-15(22)10-13(2)21(19-17)14-6-4-3-5-7-14/h3-7,10,12,16,23H,8-9,11H2,1-2H3. The number of β-amino-alcohol motifs (C(OH)–C–C–N with tert-alkyl or cyclic N) is 1. The van der Waals surface area contributed by atoms with Crippen LogP contribution >= 0.6 is 0 Å². The summed E-state index contributed by atoms with van der Waals surface area (Å²) in [4.78, 5) is 26.5. The Bertz CT molecular complexity index is 801. The molecule has 126 valence electrons. The SMILES string of the molecule is Cc1cc(=O)c(C(=O)N2CCC(C)C(O)C2)nn1-c1ccccc1. The summed E-state index contributed by atoms with van der Waals surface area (Å²) in [6.45, 7) is 4.50. The molecule has 0 saturated carbocycles. The zero-order chi connectivity index (χ0) is 17.3. The average molecular weight is 327 g/mol. The van der Waals surface area contributed by atoms with E-state index in [4.69, 9.17) is 0 Å². The summed E-state index contributed by atoms with van der Waals surface area (Å²) in [7, 11) is 0. The Morgan fingerprint density at radius 3 is 2.67 bits per heavy atom. The van der Waals surface area contributed by atoms with Gasteiger partial charge >= 0.3 is 0 Å². The molecular weight excluding hydrogens is 306 g/mol. The maximum atomic E-state index is 12.7. The number of para-hydroxylation sites is 1. The number of nitrogens with zero attached hydrogens (tertiary/aromatic N) is 3. The maximum Gasteiger partial charge on any atom is 0.278 e. The Balaban J connectivity index is 1.96. The third kappa shape index (κ3) is 3.10. The summed E-state index contributed by atoms with van der Waals surface area (Å²) in [5.41, 5.74) is 0.954. The highest BCUT2D eigenvalue weighted by molar-refractivity contribution is 5.92. The van der Waals surface area contributed by atoms with E-state index in [-0.39, 0.29) is 18.2 Å². The minimum Gasteiger partial charge on any atom is -0.391 e. The Labute approximate surface area is 140 Å². The van der Waals surface area contributed by atoms with Crippen LogP contribution in [0.2, 0.25) is 0 Å². The molecule has 0 aliphatic carbocycles. The number of piperidine rings is 1. The molecule has 1 saturated heterocycles. The predicted molar refractivity (Wildman–Crippen MR) is 90.3 cm³/mol. The van der Waals surface area contributed by atoms with Crippen LogP contribution in [0.4, 0.5) is 0 Å².